The molecule has 0 atom stereocenters. The van der Waals surface area contributed by atoms with E-state index in [1.165, 1.54) is 5.56 Å². The molecule has 4 N–H and O–H groups in total. The van der Waals surface area contributed by atoms with Gasteiger partial charge in [0, 0.05) is 17.9 Å². The Kier molecular flexibility index (Phi) is 4.84. The number of rotatable bonds is 5. The molecule has 0 aliphatic heterocycles. The Balaban J connectivity index is 1.68. The van der Waals surface area contributed by atoms with Gasteiger partial charge in [-0.05, 0) is 67.8 Å². The number of imidazole rings is 1. The summed E-state index contributed by atoms with van der Waals surface area (Å²) in [5.74, 6) is 0.570. The molecule has 0 radical (unpaired) electrons. The summed E-state index contributed by atoms with van der Waals surface area (Å²) in [4.78, 5) is 9.00. The van der Waals surface area contributed by atoms with Gasteiger partial charge in [0.05, 0.1) is 17.6 Å². The van der Waals surface area contributed by atoms with Gasteiger partial charge in [-0.25, -0.2) is 4.98 Å². The van der Waals surface area contributed by atoms with E-state index in [1.54, 1.807) is 12.1 Å². The van der Waals surface area contributed by atoms with Gasteiger partial charge in [-0.2, -0.15) is 0 Å². The van der Waals surface area contributed by atoms with Crippen molar-refractivity contribution >= 4 is 22.7 Å². The number of aromatic hydroxyl groups is 1. The minimum absolute atomic E-state index is 0.158. The second-order valence-electron chi connectivity index (χ2n) is 7.48. The standard InChI is InChI=1S/C23H25N5O/c1-14-5-4-6-18(9-14)25-12-17-10-15(2)22-20(11-17)28(23(24)27-22)13-19-21(29)8-7-16(3)26-19/h4-11,25,29H,12-13H2,1-3H3,(H2,24,27). The number of benzene rings is 2. The second-order valence-corrected chi connectivity index (χ2v) is 7.48. The normalized spacial score (nSPS) is 11.1. The molecule has 0 aliphatic carbocycles. The number of aromatic nitrogens is 3. The van der Waals surface area contributed by atoms with Crippen LogP contribution in [0.1, 0.15) is 28.1 Å². The topological polar surface area (TPSA) is 89.0 Å². The van der Waals surface area contributed by atoms with Crippen molar-refractivity contribution in [3.63, 3.8) is 0 Å². The van der Waals surface area contributed by atoms with Crippen LogP contribution >= 0.6 is 0 Å². The van der Waals surface area contributed by atoms with Crippen LogP contribution in [-0.2, 0) is 13.1 Å². The van der Waals surface area contributed by atoms with E-state index in [1.807, 2.05) is 24.5 Å². The van der Waals surface area contributed by atoms with Crippen molar-refractivity contribution in [2.45, 2.75) is 33.9 Å². The summed E-state index contributed by atoms with van der Waals surface area (Å²) >= 11 is 0. The Labute approximate surface area is 170 Å². The van der Waals surface area contributed by atoms with Crippen LogP contribution in [0.2, 0.25) is 0 Å². The molecule has 0 unspecified atom stereocenters. The molecule has 6 heteroatoms. The van der Waals surface area contributed by atoms with Crippen LogP contribution in [-0.4, -0.2) is 19.6 Å². The van der Waals surface area contributed by atoms with E-state index in [4.69, 9.17) is 5.73 Å². The molecule has 0 spiro atoms. The molecule has 4 aromatic rings. The molecule has 0 saturated carbocycles. The van der Waals surface area contributed by atoms with Crippen LogP contribution in [0.4, 0.5) is 11.6 Å². The first-order chi connectivity index (χ1) is 13.9. The van der Waals surface area contributed by atoms with E-state index in [0.717, 1.165) is 33.5 Å². The lowest BCUT2D eigenvalue weighted by atomic mass is 10.1. The van der Waals surface area contributed by atoms with E-state index in [0.29, 0.717) is 24.7 Å². The number of hydrogen-bond donors (Lipinski definition) is 3. The van der Waals surface area contributed by atoms with Gasteiger partial charge in [0.25, 0.3) is 0 Å². The van der Waals surface area contributed by atoms with Crippen LogP contribution < -0.4 is 11.1 Å². The van der Waals surface area contributed by atoms with Crippen LogP contribution in [0.25, 0.3) is 11.0 Å². The van der Waals surface area contributed by atoms with Crippen molar-refractivity contribution < 1.29 is 5.11 Å². The Morgan fingerprint density at radius 2 is 1.86 bits per heavy atom. The average molecular weight is 387 g/mol. The van der Waals surface area contributed by atoms with Crippen molar-refractivity contribution in [1.29, 1.82) is 0 Å². The van der Waals surface area contributed by atoms with Gasteiger partial charge in [0.2, 0.25) is 5.95 Å². The van der Waals surface area contributed by atoms with Crippen molar-refractivity contribution in [2.24, 2.45) is 0 Å². The predicted molar refractivity (Wildman–Crippen MR) is 117 cm³/mol. The van der Waals surface area contributed by atoms with Crippen LogP contribution in [0, 0.1) is 20.8 Å². The van der Waals surface area contributed by atoms with Gasteiger partial charge in [0.15, 0.2) is 0 Å². The third-order valence-corrected chi connectivity index (χ3v) is 5.05. The van der Waals surface area contributed by atoms with E-state index >= 15 is 0 Å². The summed E-state index contributed by atoms with van der Waals surface area (Å²) in [6.07, 6.45) is 0. The summed E-state index contributed by atoms with van der Waals surface area (Å²) in [6, 6.07) is 16.0. The molecule has 2 aromatic heterocycles. The molecular formula is C23H25N5O. The van der Waals surface area contributed by atoms with Crippen LogP contribution in [0.5, 0.6) is 5.75 Å². The van der Waals surface area contributed by atoms with Gasteiger partial charge >= 0.3 is 0 Å². The molecule has 6 nitrogen and oxygen atoms in total. The number of fused-ring (bicyclic) bond motifs is 1. The summed E-state index contributed by atoms with van der Waals surface area (Å²) in [7, 11) is 0. The SMILES string of the molecule is Cc1cccc(NCc2cc(C)c3nc(N)n(Cc4nc(C)ccc4O)c3c2)c1. The molecule has 148 valence electrons. The molecular weight excluding hydrogens is 362 g/mol. The molecule has 2 heterocycles. The zero-order chi connectivity index (χ0) is 20.5. The zero-order valence-electron chi connectivity index (χ0n) is 16.9. The number of aryl methyl sites for hydroxylation is 3. The number of hydrogen-bond acceptors (Lipinski definition) is 5. The maximum Gasteiger partial charge on any atom is 0.201 e. The maximum absolute atomic E-state index is 10.2. The average Bonchev–Trinajstić information content (AvgIpc) is 2.99. The van der Waals surface area contributed by atoms with E-state index in [-0.39, 0.29) is 5.75 Å². The van der Waals surface area contributed by atoms with Gasteiger partial charge in [0.1, 0.15) is 11.4 Å². The minimum atomic E-state index is 0.158. The lowest BCUT2D eigenvalue weighted by Gasteiger charge is -2.11. The molecule has 2 aromatic carbocycles. The molecule has 0 saturated heterocycles. The monoisotopic (exact) mass is 387 g/mol. The highest BCUT2D eigenvalue weighted by Crippen LogP contribution is 2.26. The smallest absolute Gasteiger partial charge is 0.201 e. The van der Waals surface area contributed by atoms with E-state index in [9.17, 15) is 5.11 Å². The van der Waals surface area contributed by atoms with Crippen LogP contribution in [0.15, 0.2) is 48.5 Å². The first kappa shape index (κ1) is 18.8. The number of pyridine rings is 1. The summed E-state index contributed by atoms with van der Waals surface area (Å²) < 4.78 is 1.90. The summed E-state index contributed by atoms with van der Waals surface area (Å²) in [6.45, 7) is 7.08. The lowest BCUT2D eigenvalue weighted by Crippen LogP contribution is -2.07. The summed E-state index contributed by atoms with van der Waals surface area (Å²) in [5.41, 5.74) is 14.0. The fourth-order valence-electron chi connectivity index (χ4n) is 3.58. The number of anilines is 2. The van der Waals surface area contributed by atoms with Crippen LogP contribution in [0.3, 0.4) is 0 Å². The largest absolute Gasteiger partial charge is 0.506 e. The lowest BCUT2D eigenvalue weighted by molar-refractivity contribution is 0.461. The van der Waals surface area contributed by atoms with Gasteiger partial charge in [-0.3, -0.25) is 4.98 Å². The van der Waals surface area contributed by atoms with Crippen molar-refractivity contribution in [1.82, 2.24) is 14.5 Å². The molecule has 0 bridgehead atoms. The third-order valence-electron chi connectivity index (χ3n) is 5.05. The number of nitrogens with two attached hydrogens (primary N) is 1. The van der Waals surface area contributed by atoms with Gasteiger partial charge < -0.3 is 20.7 Å². The van der Waals surface area contributed by atoms with Gasteiger partial charge in [-0.1, -0.05) is 18.2 Å². The first-order valence-electron chi connectivity index (χ1n) is 9.62. The Hall–Kier alpha value is -3.54. The molecule has 4 rings (SSSR count). The van der Waals surface area contributed by atoms with Crippen molar-refractivity contribution in [3.8, 4) is 5.75 Å². The van der Waals surface area contributed by atoms with E-state index < -0.39 is 0 Å². The zero-order valence-corrected chi connectivity index (χ0v) is 16.9. The highest BCUT2D eigenvalue weighted by atomic mass is 16.3. The Morgan fingerprint density at radius 1 is 1.03 bits per heavy atom. The number of nitrogens with zero attached hydrogens (tertiary/aromatic N) is 3. The summed E-state index contributed by atoms with van der Waals surface area (Å²) in [5, 5.41) is 13.7. The Morgan fingerprint density at radius 3 is 2.66 bits per heavy atom. The number of nitrogens with one attached hydrogen (secondary N) is 1. The van der Waals surface area contributed by atoms with E-state index in [2.05, 4.69) is 52.5 Å². The Bertz CT molecular complexity index is 1200. The highest BCUT2D eigenvalue weighted by molar-refractivity contribution is 5.82. The quantitative estimate of drug-likeness (QED) is 0.475. The maximum atomic E-state index is 10.2. The molecule has 0 fully saturated rings. The first-order valence-corrected chi connectivity index (χ1v) is 9.62. The molecule has 0 amide bonds. The fraction of sp³-hybridized carbons (Fsp3) is 0.217. The second kappa shape index (κ2) is 7.47. The fourth-order valence-corrected chi connectivity index (χ4v) is 3.58. The van der Waals surface area contributed by atoms with Crippen molar-refractivity contribution in [3.05, 3.63) is 76.6 Å². The molecule has 29 heavy (non-hydrogen) atoms. The van der Waals surface area contributed by atoms with Gasteiger partial charge in [-0.15, -0.1) is 0 Å². The highest BCUT2D eigenvalue weighted by Gasteiger charge is 2.14. The minimum Gasteiger partial charge on any atom is -0.506 e. The van der Waals surface area contributed by atoms with Crippen molar-refractivity contribution in [2.75, 3.05) is 11.1 Å². The number of nitrogen functional groups attached to an aromatic ring is 1. The molecule has 0 aliphatic rings. The predicted octanol–water partition coefficient (Wildman–Crippen LogP) is 4.30. The third kappa shape index (κ3) is 3.87.